The number of nitrogen functional groups attached to an aromatic ring is 1. The van der Waals surface area contributed by atoms with Gasteiger partial charge in [0, 0.05) is 18.3 Å². The van der Waals surface area contributed by atoms with Crippen LogP contribution in [0.3, 0.4) is 0 Å². The number of benzene rings is 1. The number of anilines is 2. The Morgan fingerprint density at radius 2 is 2.05 bits per heavy atom. The second kappa shape index (κ2) is 5.38. The highest BCUT2D eigenvalue weighted by Crippen LogP contribution is 2.34. The van der Waals surface area contributed by atoms with Gasteiger partial charge >= 0.3 is 0 Å². The van der Waals surface area contributed by atoms with Crippen LogP contribution in [0.1, 0.15) is 32.6 Å². The third-order valence-electron chi connectivity index (χ3n) is 3.37. The van der Waals surface area contributed by atoms with Gasteiger partial charge in [-0.05, 0) is 37.5 Å². The molecule has 1 aromatic carbocycles. The Bertz CT molecular complexity index is 553. The van der Waals surface area contributed by atoms with Crippen molar-refractivity contribution in [3.05, 3.63) is 18.2 Å². The predicted molar refractivity (Wildman–Crippen MR) is 77.5 cm³/mol. The largest absolute Gasteiger partial charge is 0.398 e. The molecule has 0 spiro atoms. The van der Waals surface area contributed by atoms with Crippen molar-refractivity contribution >= 4 is 21.4 Å². The van der Waals surface area contributed by atoms with Gasteiger partial charge in [-0.1, -0.05) is 13.3 Å². The lowest BCUT2D eigenvalue weighted by Gasteiger charge is -2.25. The molecule has 0 aromatic heterocycles. The van der Waals surface area contributed by atoms with Crippen LogP contribution in [-0.2, 0) is 10.0 Å². The van der Waals surface area contributed by atoms with Gasteiger partial charge in [0.25, 0.3) is 0 Å². The smallest absolute Gasteiger partial charge is 0.240 e. The van der Waals surface area contributed by atoms with Gasteiger partial charge in [-0.25, -0.2) is 13.6 Å². The lowest BCUT2D eigenvalue weighted by Crippen LogP contribution is -2.27. The highest BCUT2D eigenvalue weighted by molar-refractivity contribution is 7.89. The van der Waals surface area contributed by atoms with Gasteiger partial charge in [0.1, 0.15) is 4.90 Å². The maximum atomic E-state index is 11.3. The van der Waals surface area contributed by atoms with E-state index in [1.807, 2.05) is 0 Å². The van der Waals surface area contributed by atoms with Crippen molar-refractivity contribution in [3.8, 4) is 0 Å². The summed E-state index contributed by atoms with van der Waals surface area (Å²) in [6.45, 7) is 3.14. The van der Waals surface area contributed by atoms with Crippen LogP contribution in [0.25, 0.3) is 0 Å². The van der Waals surface area contributed by atoms with Gasteiger partial charge in [0.15, 0.2) is 0 Å². The van der Waals surface area contributed by atoms with Gasteiger partial charge in [-0.2, -0.15) is 0 Å². The highest BCUT2D eigenvalue weighted by Gasteiger charge is 2.29. The van der Waals surface area contributed by atoms with Crippen molar-refractivity contribution in [2.24, 2.45) is 5.14 Å². The highest BCUT2D eigenvalue weighted by atomic mass is 32.2. The summed E-state index contributed by atoms with van der Waals surface area (Å²) >= 11 is 0. The average molecular weight is 283 g/mol. The third kappa shape index (κ3) is 3.39. The molecule has 0 heterocycles. The summed E-state index contributed by atoms with van der Waals surface area (Å²) in [5.41, 5.74) is 7.02. The normalized spacial score (nSPS) is 15.5. The molecular weight excluding hydrogens is 262 g/mol. The zero-order chi connectivity index (χ0) is 14.0. The third-order valence-corrected chi connectivity index (χ3v) is 4.36. The molecule has 19 heavy (non-hydrogen) atoms. The van der Waals surface area contributed by atoms with E-state index >= 15 is 0 Å². The zero-order valence-corrected chi connectivity index (χ0v) is 12.0. The Morgan fingerprint density at radius 3 is 2.53 bits per heavy atom. The summed E-state index contributed by atoms with van der Waals surface area (Å²) in [7, 11) is -3.74. The van der Waals surface area contributed by atoms with Gasteiger partial charge in [0.05, 0.1) is 5.69 Å². The molecule has 0 radical (unpaired) electrons. The van der Waals surface area contributed by atoms with Gasteiger partial charge in [-0.15, -0.1) is 0 Å². The lowest BCUT2D eigenvalue weighted by atomic mass is 10.2. The molecule has 0 saturated heterocycles. The number of sulfonamides is 1. The Balaban J connectivity index is 2.26. The van der Waals surface area contributed by atoms with E-state index in [0.29, 0.717) is 6.04 Å². The Hall–Kier alpha value is -1.27. The molecular formula is C13H21N3O2S. The van der Waals surface area contributed by atoms with Crippen LogP contribution in [0.4, 0.5) is 11.4 Å². The fourth-order valence-electron chi connectivity index (χ4n) is 2.21. The van der Waals surface area contributed by atoms with Crippen molar-refractivity contribution in [2.45, 2.75) is 43.5 Å². The summed E-state index contributed by atoms with van der Waals surface area (Å²) in [4.78, 5) is 2.31. The van der Waals surface area contributed by atoms with Crippen molar-refractivity contribution in [2.75, 3.05) is 17.2 Å². The Labute approximate surface area is 114 Å². The van der Waals surface area contributed by atoms with E-state index in [2.05, 4.69) is 11.8 Å². The number of primary sulfonamides is 1. The second-order valence-electron chi connectivity index (χ2n) is 5.05. The number of nitrogens with two attached hydrogens (primary N) is 2. The first kappa shape index (κ1) is 14.1. The molecule has 4 N–H and O–H groups in total. The summed E-state index contributed by atoms with van der Waals surface area (Å²) in [6.07, 6.45) is 4.64. The molecule has 1 aliphatic rings. The fraction of sp³-hybridized carbons (Fsp3) is 0.538. The summed E-state index contributed by atoms with van der Waals surface area (Å²) < 4.78 is 22.7. The molecule has 2 rings (SSSR count). The summed E-state index contributed by atoms with van der Waals surface area (Å²) in [6, 6.07) is 5.59. The number of nitrogens with zero attached hydrogens (tertiary/aromatic N) is 1. The lowest BCUT2D eigenvalue weighted by molar-refractivity contribution is 0.598. The molecule has 1 saturated carbocycles. The van der Waals surface area contributed by atoms with Gasteiger partial charge in [0.2, 0.25) is 10.0 Å². The zero-order valence-electron chi connectivity index (χ0n) is 11.2. The van der Waals surface area contributed by atoms with E-state index in [0.717, 1.165) is 25.1 Å². The van der Waals surface area contributed by atoms with E-state index in [1.54, 1.807) is 12.1 Å². The first-order chi connectivity index (χ1) is 8.93. The van der Waals surface area contributed by atoms with Crippen LogP contribution in [-0.4, -0.2) is 21.0 Å². The van der Waals surface area contributed by atoms with Crippen molar-refractivity contribution in [1.82, 2.24) is 0 Å². The van der Waals surface area contributed by atoms with E-state index < -0.39 is 10.0 Å². The fourth-order valence-corrected chi connectivity index (χ4v) is 2.86. The maximum Gasteiger partial charge on any atom is 0.240 e. The van der Waals surface area contributed by atoms with Crippen LogP contribution in [0.15, 0.2) is 23.1 Å². The molecule has 6 heteroatoms. The maximum absolute atomic E-state index is 11.3. The van der Waals surface area contributed by atoms with Crippen LogP contribution < -0.4 is 15.8 Å². The van der Waals surface area contributed by atoms with Gasteiger partial charge in [-0.3, -0.25) is 0 Å². The molecule has 1 aromatic rings. The minimum absolute atomic E-state index is 0.00230. The molecule has 5 nitrogen and oxygen atoms in total. The van der Waals surface area contributed by atoms with E-state index in [9.17, 15) is 8.42 Å². The minimum Gasteiger partial charge on any atom is -0.398 e. The van der Waals surface area contributed by atoms with Crippen LogP contribution in [0, 0.1) is 0 Å². The van der Waals surface area contributed by atoms with E-state index in [-0.39, 0.29) is 10.6 Å². The first-order valence-electron chi connectivity index (χ1n) is 6.62. The number of hydrogen-bond donors (Lipinski definition) is 2. The van der Waals surface area contributed by atoms with E-state index in [1.165, 1.54) is 18.9 Å². The van der Waals surface area contributed by atoms with E-state index in [4.69, 9.17) is 10.9 Å². The standard InChI is InChI=1S/C13H21N3O2S/c1-2-3-8-16(10-4-5-10)11-6-7-13(12(14)9-11)19(15,17)18/h6-7,9-10H,2-5,8,14H2,1H3,(H2,15,17,18). The molecule has 0 amide bonds. The number of unbranched alkanes of at least 4 members (excludes halogenated alkanes) is 1. The molecule has 0 atom stereocenters. The molecule has 106 valence electrons. The Kier molecular flexibility index (Phi) is 4.01. The Morgan fingerprint density at radius 1 is 1.37 bits per heavy atom. The van der Waals surface area contributed by atoms with Gasteiger partial charge < -0.3 is 10.6 Å². The average Bonchev–Trinajstić information content (AvgIpc) is 3.12. The second-order valence-corrected chi connectivity index (χ2v) is 6.58. The molecule has 0 aliphatic heterocycles. The molecule has 1 fully saturated rings. The molecule has 0 bridgehead atoms. The minimum atomic E-state index is -3.74. The molecule has 1 aliphatic carbocycles. The predicted octanol–water partition coefficient (Wildman–Crippen LogP) is 1.69. The van der Waals surface area contributed by atoms with Crippen molar-refractivity contribution in [3.63, 3.8) is 0 Å². The van der Waals surface area contributed by atoms with Crippen molar-refractivity contribution < 1.29 is 8.42 Å². The monoisotopic (exact) mass is 283 g/mol. The summed E-state index contributed by atoms with van der Waals surface area (Å²) in [5.74, 6) is 0. The van der Waals surface area contributed by atoms with Crippen LogP contribution in [0.5, 0.6) is 0 Å². The topological polar surface area (TPSA) is 89.4 Å². The molecule has 0 unspecified atom stereocenters. The quantitative estimate of drug-likeness (QED) is 0.777. The van der Waals surface area contributed by atoms with Crippen molar-refractivity contribution in [1.29, 1.82) is 0 Å². The first-order valence-corrected chi connectivity index (χ1v) is 8.17. The number of rotatable bonds is 6. The summed E-state index contributed by atoms with van der Waals surface area (Å²) in [5, 5.41) is 5.11. The number of hydrogen-bond acceptors (Lipinski definition) is 4. The SMILES string of the molecule is CCCCN(c1ccc(S(N)(=O)=O)c(N)c1)C1CC1. The van der Waals surface area contributed by atoms with Crippen LogP contribution in [0.2, 0.25) is 0 Å². The van der Waals surface area contributed by atoms with Crippen LogP contribution >= 0.6 is 0 Å².